The molecule has 5 rings (SSSR count). The highest BCUT2D eigenvalue weighted by Crippen LogP contribution is 2.36. The highest BCUT2D eigenvalue weighted by molar-refractivity contribution is 6.35. The molecule has 7 nitrogen and oxygen atoms in total. The van der Waals surface area contributed by atoms with Gasteiger partial charge in [-0.3, -0.25) is 9.78 Å². The molecule has 0 spiro atoms. The van der Waals surface area contributed by atoms with Crippen molar-refractivity contribution in [3.05, 3.63) is 65.8 Å². The number of anilines is 2. The quantitative estimate of drug-likeness (QED) is 0.468. The fraction of sp³-hybridized carbons (Fsp3) is 0.200. The maximum Gasteiger partial charge on any atom is 0.230 e. The Morgan fingerprint density at radius 1 is 1.09 bits per heavy atom. The minimum atomic E-state index is -0.102. The highest BCUT2D eigenvalue weighted by Gasteiger charge is 2.27. The number of fused-ring (bicyclic) bond motifs is 1. The summed E-state index contributed by atoms with van der Waals surface area (Å²) < 4.78 is 0. The van der Waals surface area contributed by atoms with Gasteiger partial charge in [0, 0.05) is 29.3 Å². The van der Waals surface area contributed by atoms with Crippen LogP contribution in [0, 0.1) is 5.92 Å². The Kier molecular flexibility index (Phi) is 5.66. The molecule has 3 N–H and O–H groups in total. The van der Waals surface area contributed by atoms with Gasteiger partial charge < -0.3 is 16.0 Å². The lowest BCUT2D eigenvalue weighted by Gasteiger charge is -2.16. The maximum atomic E-state index is 12.9. The molecule has 1 aliphatic rings. The van der Waals surface area contributed by atoms with Crippen LogP contribution in [0.15, 0.2) is 60.8 Å². The number of nitrogen functional groups attached to an aromatic ring is 1. The van der Waals surface area contributed by atoms with Gasteiger partial charge in [0.05, 0.1) is 27.8 Å². The monoisotopic (exact) mass is 458 g/mol. The van der Waals surface area contributed by atoms with E-state index in [-0.39, 0.29) is 23.5 Å². The molecule has 4 aromatic rings. The van der Waals surface area contributed by atoms with Gasteiger partial charge in [0.2, 0.25) is 5.91 Å². The Morgan fingerprint density at radius 2 is 1.88 bits per heavy atom. The average Bonchev–Trinajstić information content (AvgIpc) is 3.27. The van der Waals surface area contributed by atoms with Crippen molar-refractivity contribution in [2.45, 2.75) is 6.42 Å². The van der Waals surface area contributed by atoms with Gasteiger partial charge in [-0.15, -0.1) is 0 Å². The maximum absolute atomic E-state index is 12.9. The van der Waals surface area contributed by atoms with E-state index in [1.807, 2.05) is 61.6 Å². The van der Waals surface area contributed by atoms with Crippen molar-refractivity contribution in [3.8, 4) is 22.5 Å². The summed E-state index contributed by atoms with van der Waals surface area (Å²) in [4.78, 5) is 28.8. The third-order valence-electron chi connectivity index (χ3n) is 5.91. The predicted molar refractivity (Wildman–Crippen MR) is 132 cm³/mol. The molecule has 1 amide bonds. The van der Waals surface area contributed by atoms with Crippen molar-refractivity contribution in [3.63, 3.8) is 0 Å². The Bertz CT molecular complexity index is 1340. The number of nitrogens with two attached hydrogens (primary N) is 1. The molecule has 1 atom stereocenters. The number of nitrogens with zero attached hydrogens (tertiary/aromatic N) is 4. The number of halogens is 1. The number of pyridine rings is 1. The van der Waals surface area contributed by atoms with E-state index in [1.165, 1.54) is 0 Å². The number of hydrogen-bond acceptors (Lipinski definition) is 6. The summed E-state index contributed by atoms with van der Waals surface area (Å²) in [7, 11) is 2.01. The normalized spacial score (nSPS) is 16.2. The van der Waals surface area contributed by atoms with Crippen molar-refractivity contribution >= 4 is 40.0 Å². The third kappa shape index (κ3) is 4.25. The van der Waals surface area contributed by atoms with Crippen molar-refractivity contribution in [2.24, 2.45) is 5.92 Å². The first-order chi connectivity index (χ1) is 16.0. The van der Waals surface area contributed by atoms with Crippen LogP contribution >= 0.6 is 11.6 Å². The summed E-state index contributed by atoms with van der Waals surface area (Å²) in [5.41, 5.74) is 9.81. The molecule has 2 aromatic carbocycles. The Balaban J connectivity index is 1.63. The van der Waals surface area contributed by atoms with E-state index in [9.17, 15) is 4.79 Å². The summed E-state index contributed by atoms with van der Waals surface area (Å²) in [5, 5.41) is 4.30. The summed E-state index contributed by atoms with van der Waals surface area (Å²) >= 11 is 6.56. The van der Waals surface area contributed by atoms with Crippen LogP contribution < -0.4 is 11.1 Å². The van der Waals surface area contributed by atoms with Gasteiger partial charge in [0.1, 0.15) is 0 Å². The Labute approximate surface area is 196 Å². The molecule has 0 aliphatic carbocycles. The number of nitrogens with one attached hydrogen (secondary N) is 1. The van der Waals surface area contributed by atoms with E-state index in [4.69, 9.17) is 22.3 Å². The smallest absolute Gasteiger partial charge is 0.230 e. The summed E-state index contributed by atoms with van der Waals surface area (Å²) in [6.07, 6.45) is 2.51. The minimum absolute atomic E-state index is 0.0977. The number of aromatic nitrogens is 3. The topological polar surface area (TPSA) is 97.0 Å². The van der Waals surface area contributed by atoms with Crippen LogP contribution in [0.25, 0.3) is 33.4 Å². The molecule has 2 aromatic heterocycles. The van der Waals surface area contributed by atoms with Crippen LogP contribution in [0.5, 0.6) is 0 Å². The van der Waals surface area contributed by atoms with E-state index in [2.05, 4.69) is 20.2 Å². The van der Waals surface area contributed by atoms with Gasteiger partial charge >= 0.3 is 0 Å². The van der Waals surface area contributed by atoms with E-state index < -0.39 is 0 Å². The fourth-order valence-corrected chi connectivity index (χ4v) is 4.47. The van der Waals surface area contributed by atoms with E-state index in [0.29, 0.717) is 28.5 Å². The molecule has 8 heteroatoms. The molecule has 0 radical (unpaired) electrons. The number of likely N-dealkylation sites (tertiary alicyclic amines) is 1. The molecule has 0 bridgehead atoms. The van der Waals surface area contributed by atoms with Gasteiger partial charge in [-0.05, 0) is 38.2 Å². The zero-order valence-corrected chi connectivity index (χ0v) is 18.9. The lowest BCUT2D eigenvalue weighted by Crippen LogP contribution is -2.26. The number of hydrogen-bond donors (Lipinski definition) is 2. The van der Waals surface area contributed by atoms with Gasteiger partial charge in [-0.25, -0.2) is 9.97 Å². The van der Waals surface area contributed by atoms with Crippen LogP contribution in [-0.4, -0.2) is 45.9 Å². The number of rotatable bonds is 4. The second kappa shape index (κ2) is 8.77. The van der Waals surface area contributed by atoms with Gasteiger partial charge in [0.15, 0.2) is 11.6 Å². The van der Waals surface area contributed by atoms with Crippen LogP contribution in [0.1, 0.15) is 6.42 Å². The summed E-state index contributed by atoms with van der Waals surface area (Å²) in [5.74, 6) is 0.228. The lowest BCUT2D eigenvalue weighted by atomic mass is 10.0. The van der Waals surface area contributed by atoms with Crippen molar-refractivity contribution in [2.75, 3.05) is 31.2 Å². The number of benzene rings is 2. The molecule has 0 saturated carbocycles. The fourth-order valence-electron chi connectivity index (χ4n) is 4.19. The van der Waals surface area contributed by atoms with Crippen molar-refractivity contribution in [1.82, 2.24) is 19.9 Å². The van der Waals surface area contributed by atoms with Crippen molar-refractivity contribution < 1.29 is 4.79 Å². The minimum Gasteiger partial charge on any atom is -0.381 e. The van der Waals surface area contributed by atoms with E-state index in [1.54, 1.807) is 6.20 Å². The lowest BCUT2D eigenvalue weighted by molar-refractivity contribution is -0.119. The average molecular weight is 459 g/mol. The molecule has 1 fully saturated rings. The predicted octanol–water partition coefficient (Wildman–Crippen LogP) is 4.48. The van der Waals surface area contributed by atoms with E-state index in [0.717, 1.165) is 29.5 Å². The number of carbonyl (C=O) groups is 1. The van der Waals surface area contributed by atoms with Crippen LogP contribution in [0.4, 0.5) is 11.6 Å². The van der Waals surface area contributed by atoms with Crippen LogP contribution in [0.3, 0.4) is 0 Å². The zero-order valence-electron chi connectivity index (χ0n) is 18.1. The zero-order chi connectivity index (χ0) is 22.9. The Morgan fingerprint density at radius 3 is 2.64 bits per heavy atom. The molecule has 3 heterocycles. The molecular formula is C25H23ClN6O. The van der Waals surface area contributed by atoms with Gasteiger partial charge in [-0.1, -0.05) is 48.0 Å². The van der Waals surface area contributed by atoms with Gasteiger partial charge in [0.25, 0.3) is 0 Å². The molecular weight excluding hydrogens is 436 g/mol. The largest absolute Gasteiger partial charge is 0.381 e. The van der Waals surface area contributed by atoms with Crippen molar-refractivity contribution in [1.29, 1.82) is 0 Å². The second-order valence-electron chi connectivity index (χ2n) is 8.29. The van der Waals surface area contributed by atoms with E-state index >= 15 is 0 Å². The highest BCUT2D eigenvalue weighted by atomic mass is 35.5. The molecule has 166 valence electrons. The first-order valence-electron chi connectivity index (χ1n) is 10.8. The summed E-state index contributed by atoms with van der Waals surface area (Å²) in [6.45, 7) is 1.60. The Hall–Kier alpha value is -3.55. The first kappa shape index (κ1) is 21.3. The molecule has 1 saturated heterocycles. The first-order valence-corrected chi connectivity index (χ1v) is 11.1. The van der Waals surface area contributed by atoms with Crippen LogP contribution in [0.2, 0.25) is 5.02 Å². The molecule has 1 unspecified atom stereocenters. The van der Waals surface area contributed by atoms with Crippen LogP contribution in [-0.2, 0) is 4.79 Å². The number of amides is 1. The number of carbonyl (C=O) groups excluding carboxylic acids is 1. The third-order valence-corrected chi connectivity index (χ3v) is 6.19. The molecule has 33 heavy (non-hydrogen) atoms. The van der Waals surface area contributed by atoms with Gasteiger partial charge in [-0.2, -0.15) is 0 Å². The second-order valence-corrected chi connectivity index (χ2v) is 8.70. The SMILES string of the molecule is CN1CCC(C(=O)Nc2nc(-c3cc(Cl)c4ncccc4c3)c(-c3ccccc3)nc2N)C1. The molecule has 1 aliphatic heterocycles. The standard InChI is InChI=1S/C25H23ClN6O/c1-32-11-9-17(14-32)25(33)31-24-23(27)29-21(15-6-3-2-4-7-15)22(30-24)18-12-16-8-5-10-28-20(16)19(26)13-18/h2-8,10,12-13,17H,9,11,14H2,1H3,(H2,27,29)(H,30,31,33). The summed E-state index contributed by atoms with van der Waals surface area (Å²) in [6, 6.07) is 17.3.